The molecule has 0 aromatic heterocycles. The van der Waals surface area contributed by atoms with Gasteiger partial charge in [-0.1, -0.05) is 6.42 Å². The molecule has 1 amide bonds. The average molecular weight is 143 g/mol. The zero-order chi connectivity index (χ0) is 7.40. The van der Waals surface area contributed by atoms with Crippen LogP contribution < -0.4 is 11.1 Å². The van der Waals surface area contributed by atoms with Crippen molar-refractivity contribution in [3.8, 4) is 0 Å². The van der Waals surface area contributed by atoms with Crippen LogP contribution in [0, 0.1) is 5.92 Å². The van der Waals surface area contributed by atoms with Crippen LogP contribution in [0.2, 0.25) is 0 Å². The van der Waals surface area contributed by atoms with Gasteiger partial charge in [-0.05, 0) is 25.3 Å². The van der Waals surface area contributed by atoms with Crippen LogP contribution in [0.1, 0.15) is 19.3 Å². The summed E-state index contributed by atoms with van der Waals surface area (Å²) in [5.41, 5.74) is 3.28. The van der Waals surface area contributed by atoms with E-state index in [-0.39, 0.29) is 5.91 Å². The van der Waals surface area contributed by atoms with E-state index in [1.165, 1.54) is 19.3 Å². The van der Waals surface area contributed by atoms with Crippen molar-refractivity contribution in [2.75, 3.05) is 13.1 Å². The number of hydrogen-bond donors (Lipinski definition) is 2. The van der Waals surface area contributed by atoms with Crippen molar-refractivity contribution in [3.05, 3.63) is 0 Å². The van der Waals surface area contributed by atoms with E-state index in [0.717, 1.165) is 12.5 Å². The minimum Gasteiger partial charge on any atom is -0.305 e. The Kier molecular flexibility index (Phi) is 2.83. The maximum Gasteiger partial charge on any atom is 0.322 e. The first kappa shape index (κ1) is 7.69. The molecule has 1 saturated carbocycles. The summed E-state index contributed by atoms with van der Waals surface area (Å²) in [6, 6.07) is 0. The van der Waals surface area contributed by atoms with Gasteiger partial charge in [0.05, 0.1) is 0 Å². The standard InChI is InChI=1S/C7H14N2O/c8-7(10)5-9-4-6-2-1-3-6/h6,9H,1-5H2,(H2,8,10)/p+1. The van der Waals surface area contributed by atoms with Gasteiger partial charge in [-0.2, -0.15) is 0 Å². The Morgan fingerprint density at radius 1 is 1.60 bits per heavy atom. The van der Waals surface area contributed by atoms with Gasteiger partial charge >= 0.3 is 5.91 Å². The Labute approximate surface area is 61.0 Å². The van der Waals surface area contributed by atoms with Gasteiger partial charge in [0, 0.05) is 0 Å². The normalized spacial score (nSPS) is 18.5. The summed E-state index contributed by atoms with van der Waals surface area (Å²) in [4.78, 5) is 10.4. The summed E-state index contributed by atoms with van der Waals surface area (Å²) in [6.07, 6.45) is 4.03. The molecule has 0 aromatic carbocycles. The average Bonchev–Trinajstić information content (AvgIpc) is 1.75. The first-order valence-corrected chi connectivity index (χ1v) is 3.84. The van der Waals surface area contributed by atoms with Gasteiger partial charge in [0.1, 0.15) is 6.54 Å². The number of carbonyl (C=O) groups is 1. The molecule has 3 nitrogen and oxygen atoms in total. The fourth-order valence-corrected chi connectivity index (χ4v) is 1.11. The third-order valence-corrected chi connectivity index (χ3v) is 1.98. The predicted molar refractivity (Wildman–Crippen MR) is 38.1 cm³/mol. The van der Waals surface area contributed by atoms with E-state index in [9.17, 15) is 4.79 Å². The monoisotopic (exact) mass is 143 g/mol. The van der Waals surface area contributed by atoms with Gasteiger partial charge < -0.3 is 5.32 Å². The smallest absolute Gasteiger partial charge is 0.305 e. The summed E-state index contributed by atoms with van der Waals surface area (Å²) < 4.78 is 0. The fourth-order valence-electron chi connectivity index (χ4n) is 1.11. The zero-order valence-electron chi connectivity index (χ0n) is 6.23. The summed E-state index contributed by atoms with van der Waals surface area (Å²) in [6.45, 7) is 1.44. The lowest BCUT2D eigenvalue weighted by Gasteiger charge is -2.24. The van der Waals surface area contributed by atoms with E-state index in [1.807, 2.05) is 0 Å². The molecule has 1 fully saturated rings. The molecule has 0 spiro atoms. The minimum atomic E-state index is -0.0145. The molecule has 1 aliphatic carbocycles. The van der Waals surface area contributed by atoms with Crippen LogP contribution in [0.5, 0.6) is 0 Å². The second-order valence-electron chi connectivity index (χ2n) is 2.97. The molecule has 0 unspecified atom stereocenters. The van der Waals surface area contributed by atoms with Crippen molar-refractivity contribution in [2.45, 2.75) is 19.3 Å². The summed E-state index contributed by atoms with van der Waals surface area (Å²) >= 11 is 0. The molecule has 4 N–H and O–H groups in total. The largest absolute Gasteiger partial charge is 0.322 e. The molecule has 0 atom stereocenters. The molecule has 0 aromatic rings. The number of rotatable bonds is 4. The first-order valence-electron chi connectivity index (χ1n) is 3.84. The highest BCUT2D eigenvalue weighted by Crippen LogP contribution is 2.24. The van der Waals surface area contributed by atoms with Crippen molar-refractivity contribution in [1.82, 2.24) is 5.32 Å². The third-order valence-electron chi connectivity index (χ3n) is 1.98. The second kappa shape index (κ2) is 3.68. The van der Waals surface area contributed by atoms with Crippen LogP contribution in [-0.4, -0.2) is 19.0 Å². The molecule has 1 aliphatic rings. The molecule has 3 heteroatoms. The Morgan fingerprint density at radius 3 is 2.70 bits per heavy atom. The SMILES string of the molecule is [NH3+]C(=O)CNCC1CCC1. The second-order valence-corrected chi connectivity index (χ2v) is 2.97. The summed E-state index contributed by atoms with van der Waals surface area (Å²) in [5, 5.41) is 3.07. The van der Waals surface area contributed by atoms with Gasteiger partial charge in [-0.3, -0.25) is 5.73 Å². The maximum atomic E-state index is 10.4. The van der Waals surface area contributed by atoms with Crippen LogP contribution in [0.25, 0.3) is 0 Å². The van der Waals surface area contributed by atoms with Gasteiger partial charge in [-0.15, -0.1) is 0 Å². The molecule has 0 radical (unpaired) electrons. The lowest BCUT2D eigenvalue weighted by Crippen LogP contribution is -2.61. The van der Waals surface area contributed by atoms with Gasteiger partial charge in [0.2, 0.25) is 0 Å². The van der Waals surface area contributed by atoms with Crippen LogP contribution in [0.15, 0.2) is 0 Å². The minimum absolute atomic E-state index is 0.0145. The third kappa shape index (κ3) is 2.45. The van der Waals surface area contributed by atoms with Crippen LogP contribution in [0.4, 0.5) is 0 Å². The van der Waals surface area contributed by atoms with Crippen molar-refractivity contribution in [2.24, 2.45) is 5.92 Å². The van der Waals surface area contributed by atoms with Gasteiger partial charge in [0.25, 0.3) is 0 Å². The number of amides is 1. The Bertz CT molecular complexity index is 121. The van der Waals surface area contributed by atoms with Crippen LogP contribution >= 0.6 is 0 Å². The first-order chi connectivity index (χ1) is 4.79. The van der Waals surface area contributed by atoms with Gasteiger partial charge in [0.15, 0.2) is 0 Å². The number of hydrogen-bond acceptors (Lipinski definition) is 2. The quantitative estimate of drug-likeness (QED) is 0.538. The van der Waals surface area contributed by atoms with Crippen molar-refractivity contribution in [1.29, 1.82) is 0 Å². The molecular weight excluding hydrogens is 128 g/mol. The van der Waals surface area contributed by atoms with Crippen LogP contribution in [0.3, 0.4) is 0 Å². The summed E-state index contributed by atoms with van der Waals surface area (Å²) in [5.74, 6) is 0.818. The van der Waals surface area contributed by atoms with E-state index in [1.54, 1.807) is 0 Å². The highest BCUT2D eigenvalue weighted by atomic mass is 16.1. The van der Waals surface area contributed by atoms with E-state index >= 15 is 0 Å². The predicted octanol–water partition coefficient (Wildman–Crippen LogP) is -0.855. The molecular formula is C7H15N2O+. The Morgan fingerprint density at radius 2 is 2.30 bits per heavy atom. The van der Waals surface area contributed by atoms with Crippen molar-refractivity contribution >= 4 is 5.91 Å². The maximum absolute atomic E-state index is 10.4. The number of carbonyl (C=O) groups excluding carboxylic acids is 1. The number of quaternary nitrogens is 1. The molecule has 58 valence electrons. The van der Waals surface area contributed by atoms with E-state index in [0.29, 0.717) is 6.54 Å². The Hall–Kier alpha value is -0.410. The Balaban J connectivity index is 1.89. The zero-order valence-corrected chi connectivity index (χ0v) is 6.23. The lowest BCUT2D eigenvalue weighted by molar-refractivity contribution is -0.304. The van der Waals surface area contributed by atoms with E-state index in [2.05, 4.69) is 11.1 Å². The number of nitrogens with one attached hydrogen (secondary N) is 1. The fraction of sp³-hybridized carbons (Fsp3) is 0.857. The molecule has 0 bridgehead atoms. The summed E-state index contributed by atoms with van der Waals surface area (Å²) in [7, 11) is 0. The molecule has 0 aliphatic heterocycles. The van der Waals surface area contributed by atoms with Crippen molar-refractivity contribution in [3.63, 3.8) is 0 Å². The van der Waals surface area contributed by atoms with Gasteiger partial charge in [-0.25, -0.2) is 4.79 Å². The molecule has 0 heterocycles. The molecule has 10 heavy (non-hydrogen) atoms. The highest BCUT2D eigenvalue weighted by molar-refractivity contribution is 5.66. The lowest BCUT2D eigenvalue weighted by atomic mass is 9.85. The van der Waals surface area contributed by atoms with E-state index < -0.39 is 0 Å². The molecule has 0 saturated heterocycles. The van der Waals surface area contributed by atoms with Crippen molar-refractivity contribution < 1.29 is 10.5 Å². The highest BCUT2D eigenvalue weighted by Gasteiger charge is 2.16. The molecule has 1 rings (SSSR count). The van der Waals surface area contributed by atoms with Crippen LogP contribution in [-0.2, 0) is 4.79 Å². The topological polar surface area (TPSA) is 56.7 Å². The van der Waals surface area contributed by atoms with E-state index in [4.69, 9.17) is 0 Å².